The van der Waals surface area contributed by atoms with Gasteiger partial charge in [-0.2, -0.15) is 0 Å². The molecule has 0 radical (unpaired) electrons. The van der Waals surface area contributed by atoms with Crippen molar-refractivity contribution >= 4 is 0 Å². The summed E-state index contributed by atoms with van der Waals surface area (Å²) in [5, 5.41) is 0. The largest absolute Gasteiger partial charge is 0.203 e. The van der Waals surface area contributed by atoms with Gasteiger partial charge < -0.3 is 0 Å². The second kappa shape index (κ2) is 7.43. The smallest absolute Gasteiger partial charge is 0.169 e. The van der Waals surface area contributed by atoms with E-state index in [0.717, 1.165) is 0 Å². The van der Waals surface area contributed by atoms with Crippen LogP contribution in [0.25, 0.3) is 0 Å². The normalized spacial score (nSPS) is 11.0. The predicted octanol–water partition coefficient (Wildman–Crippen LogP) is 4.07. The third-order valence-electron chi connectivity index (χ3n) is 3.09. The third kappa shape index (κ3) is 4.78. The molecular formula is C15H26N+. The Morgan fingerprint density at radius 2 is 1.62 bits per heavy atom. The molecule has 1 heteroatoms. The summed E-state index contributed by atoms with van der Waals surface area (Å²) in [6.45, 7) is 6.69. The van der Waals surface area contributed by atoms with Crippen molar-refractivity contribution in [3.8, 4) is 0 Å². The minimum atomic E-state index is 0.568. The van der Waals surface area contributed by atoms with Crippen molar-refractivity contribution in [2.75, 3.05) is 0 Å². The summed E-state index contributed by atoms with van der Waals surface area (Å²) in [6.07, 6.45) is 12.5. The van der Waals surface area contributed by atoms with E-state index in [9.17, 15) is 0 Å². The Morgan fingerprint density at radius 3 is 2.19 bits per heavy atom. The highest BCUT2D eigenvalue weighted by Crippen LogP contribution is 2.07. The Labute approximate surface area is 101 Å². The van der Waals surface area contributed by atoms with Crippen molar-refractivity contribution in [1.29, 1.82) is 0 Å². The van der Waals surface area contributed by atoms with E-state index in [1.807, 2.05) is 0 Å². The highest BCUT2D eigenvalue weighted by Gasteiger charge is 2.04. The minimum Gasteiger partial charge on any atom is -0.203 e. The monoisotopic (exact) mass is 220 g/mol. The van der Waals surface area contributed by atoms with Crippen LogP contribution in [0.4, 0.5) is 0 Å². The first-order valence-corrected chi connectivity index (χ1v) is 6.73. The summed E-state index contributed by atoms with van der Waals surface area (Å²) in [5.74, 6) is 0. The van der Waals surface area contributed by atoms with Crippen molar-refractivity contribution in [2.24, 2.45) is 0 Å². The number of hydrogen-bond acceptors (Lipinski definition) is 0. The van der Waals surface area contributed by atoms with Gasteiger partial charge in [0.1, 0.15) is 0 Å². The standard InChI is InChI=1S/C15H26N/c1-4-5-6-7-8-9-15-10-12-16(13-11-15)14(2)3/h10-14H,4-9H2,1-3H3/q+1. The first kappa shape index (κ1) is 13.2. The van der Waals surface area contributed by atoms with Gasteiger partial charge in [-0.05, 0) is 32.3 Å². The first-order chi connectivity index (χ1) is 7.74. The number of rotatable bonds is 7. The Kier molecular flexibility index (Phi) is 6.14. The number of unbranched alkanes of at least 4 members (excludes halogenated alkanes) is 4. The molecule has 0 fully saturated rings. The van der Waals surface area contributed by atoms with Gasteiger partial charge in [-0.1, -0.05) is 32.6 Å². The molecule has 0 N–H and O–H groups in total. The predicted molar refractivity (Wildman–Crippen MR) is 69.5 cm³/mol. The fourth-order valence-electron chi connectivity index (χ4n) is 1.91. The van der Waals surface area contributed by atoms with Gasteiger partial charge in [-0.15, -0.1) is 0 Å². The molecule has 0 aromatic carbocycles. The SMILES string of the molecule is CCCCCCCc1cc[n+](C(C)C)cc1. The fraction of sp³-hybridized carbons (Fsp3) is 0.667. The molecule has 0 bridgehead atoms. The van der Waals surface area contributed by atoms with Gasteiger partial charge in [0.2, 0.25) is 0 Å². The molecule has 1 heterocycles. The average molecular weight is 220 g/mol. The molecule has 1 rings (SSSR count). The van der Waals surface area contributed by atoms with Crippen LogP contribution in [-0.4, -0.2) is 0 Å². The molecule has 0 aliphatic rings. The average Bonchev–Trinajstić information content (AvgIpc) is 2.29. The van der Waals surface area contributed by atoms with E-state index >= 15 is 0 Å². The summed E-state index contributed by atoms with van der Waals surface area (Å²) >= 11 is 0. The van der Waals surface area contributed by atoms with Crippen LogP contribution in [0.3, 0.4) is 0 Å². The first-order valence-electron chi connectivity index (χ1n) is 6.73. The molecule has 0 saturated heterocycles. The summed E-state index contributed by atoms with van der Waals surface area (Å²) in [6, 6.07) is 5.10. The van der Waals surface area contributed by atoms with Gasteiger partial charge in [-0.25, -0.2) is 4.57 Å². The van der Waals surface area contributed by atoms with Crippen LogP contribution in [0, 0.1) is 0 Å². The van der Waals surface area contributed by atoms with Gasteiger partial charge in [-0.3, -0.25) is 0 Å². The van der Waals surface area contributed by atoms with Crippen LogP contribution in [0.5, 0.6) is 0 Å². The Balaban J connectivity index is 2.27. The summed E-state index contributed by atoms with van der Waals surface area (Å²) in [5.41, 5.74) is 1.48. The van der Waals surface area contributed by atoms with Crippen LogP contribution in [-0.2, 0) is 6.42 Å². The number of nitrogens with zero attached hydrogens (tertiary/aromatic N) is 1. The Hall–Kier alpha value is -0.850. The number of aryl methyl sites for hydroxylation is 1. The van der Waals surface area contributed by atoms with Crippen LogP contribution >= 0.6 is 0 Å². The molecule has 0 aliphatic heterocycles. The van der Waals surface area contributed by atoms with Crippen LogP contribution in [0.2, 0.25) is 0 Å². The zero-order valence-corrected chi connectivity index (χ0v) is 11.1. The van der Waals surface area contributed by atoms with Crippen LogP contribution in [0.1, 0.15) is 64.5 Å². The van der Waals surface area contributed by atoms with E-state index in [-0.39, 0.29) is 0 Å². The molecule has 16 heavy (non-hydrogen) atoms. The molecule has 0 amide bonds. The van der Waals surface area contributed by atoms with Crippen molar-refractivity contribution in [3.05, 3.63) is 30.1 Å². The Bertz CT molecular complexity index is 274. The van der Waals surface area contributed by atoms with E-state index < -0.39 is 0 Å². The summed E-state index contributed by atoms with van der Waals surface area (Å²) in [7, 11) is 0. The second-order valence-corrected chi connectivity index (χ2v) is 4.91. The molecule has 1 aromatic heterocycles. The summed E-state index contributed by atoms with van der Waals surface area (Å²) in [4.78, 5) is 0. The van der Waals surface area contributed by atoms with E-state index in [1.54, 1.807) is 0 Å². The summed E-state index contributed by atoms with van der Waals surface area (Å²) < 4.78 is 2.25. The van der Waals surface area contributed by atoms with E-state index in [0.29, 0.717) is 6.04 Å². The lowest BCUT2D eigenvalue weighted by Gasteiger charge is -2.03. The number of aromatic nitrogens is 1. The molecule has 0 spiro atoms. The van der Waals surface area contributed by atoms with Gasteiger partial charge in [0.25, 0.3) is 0 Å². The maximum absolute atomic E-state index is 2.27. The van der Waals surface area contributed by atoms with Gasteiger partial charge in [0.05, 0.1) is 0 Å². The van der Waals surface area contributed by atoms with E-state index in [4.69, 9.17) is 0 Å². The molecule has 0 atom stereocenters. The zero-order valence-electron chi connectivity index (χ0n) is 11.1. The van der Waals surface area contributed by atoms with Crippen molar-refractivity contribution in [3.63, 3.8) is 0 Å². The zero-order chi connectivity index (χ0) is 11.8. The van der Waals surface area contributed by atoms with Crippen molar-refractivity contribution < 1.29 is 4.57 Å². The molecule has 0 unspecified atom stereocenters. The molecule has 0 aliphatic carbocycles. The highest BCUT2D eigenvalue weighted by atomic mass is 15.0. The van der Waals surface area contributed by atoms with Crippen molar-refractivity contribution in [2.45, 2.75) is 65.3 Å². The molecule has 0 saturated carbocycles. The van der Waals surface area contributed by atoms with E-state index in [2.05, 4.69) is 49.9 Å². The maximum atomic E-state index is 2.27. The molecular weight excluding hydrogens is 194 g/mol. The highest BCUT2D eigenvalue weighted by molar-refractivity contribution is 5.07. The molecule has 1 aromatic rings. The Morgan fingerprint density at radius 1 is 1.00 bits per heavy atom. The van der Waals surface area contributed by atoms with E-state index in [1.165, 1.54) is 44.1 Å². The van der Waals surface area contributed by atoms with Crippen LogP contribution < -0.4 is 4.57 Å². The maximum Gasteiger partial charge on any atom is 0.169 e. The van der Waals surface area contributed by atoms with Gasteiger partial charge >= 0.3 is 0 Å². The number of pyridine rings is 1. The van der Waals surface area contributed by atoms with Gasteiger partial charge in [0, 0.05) is 12.1 Å². The van der Waals surface area contributed by atoms with Crippen LogP contribution in [0.15, 0.2) is 24.5 Å². The van der Waals surface area contributed by atoms with Crippen molar-refractivity contribution in [1.82, 2.24) is 0 Å². The lowest BCUT2D eigenvalue weighted by Crippen LogP contribution is -2.34. The second-order valence-electron chi connectivity index (χ2n) is 4.91. The third-order valence-corrected chi connectivity index (χ3v) is 3.09. The van der Waals surface area contributed by atoms with Gasteiger partial charge in [0.15, 0.2) is 18.4 Å². The molecule has 1 nitrogen and oxygen atoms in total. The lowest BCUT2D eigenvalue weighted by molar-refractivity contribution is -0.716. The minimum absolute atomic E-state index is 0.568. The quantitative estimate of drug-likeness (QED) is 0.482. The lowest BCUT2D eigenvalue weighted by atomic mass is 10.1. The number of hydrogen-bond donors (Lipinski definition) is 0. The molecule has 90 valence electrons. The topological polar surface area (TPSA) is 3.88 Å². The fourth-order valence-corrected chi connectivity index (χ4v) is 1.91.